The molecule has 30 heavy (non-hydrogen) atoms. The van der Waals surface area contributed by atoms with Crippen molar-refractivity contribution in [3.05, 3.63) is 76.3 Å². The molecule has 1 aromatic carbocycles. The highest BCUT2D eigenvalue weighted by Crippen LogP contribution is 2.24. The van der Waals surface area contributed by atoms with Crippen molar-refractivity contribution in [2.75, 3.05) is 13.1 Å². The van der Waals surface area contributed by atoms with E-state index in [1.807, 2.05) is 72.7 Å². The van der Waals surface area contributed by atoms with Crippen LogP contribution in [-0.2, 0) is 0 Å². The summed E-state index contributed by atoms with van der Waals surface area (Å²) in [6, 6.07) is 15.5. The molecule has 3 aromatic rings. The molecule has 1 N–H and O–H groups in total. The molecular formula is C24H25N3O2S. The van der Waals surface area contributed by atoms with Gasteiger partial charge in [-0.05, 0) is 61.9 Å². The Morgan fingerprint density at radius 1 is 1.00 bits per heavy atom. The first-order valence-electron chi connectivity index (χ1n) is 10.2. The minimum absolute atomic E-state index is 0.0152. The minimum atomic E-state index is -0.0397. The second-order valence-corrected chi connectivity index (χ2v) is 8.61. The third-order valence-corrected chi connectivity index (χ3v) is 6.49. The van der Waals surface area contributed by atoms with E-state index in [0.29, 0.717) is 24.2 Å². The molecule has 2 amide bonds. The maximum Gasteiger partial charge on any atom is 0.255 e. The highest BCUT2D eigenvalue weighted by atomic mass is 32.1. The number of aromatic nitrogens is 1. The number of aryl methyl sites for hydroxylation is 2. The van der Waals surface area contributed by atoms with Gasteiger partial charge in [0.1, 0.15) is 0 Å². The Bertz CT molecular complexity index is 1050. The smallest absolute Gasteiger partial charge is 0.255 e. The van der Waals surface area contributed by atoms with Crippen molar-refractivity contribution >= 4 is 23.2 Å². The fourth-order valence-electron chi connectivity index (χ4n) is 3.84. The zero-order valence-electron chi connectivity index (χ0n) is 17.2. The molecule has 154 valence electrons. The molecule has 1 aliphatic rings. The van der Waals surface area contributed by atoms with E-state index in [-0.39, 0.29) is 17.9 Å². The van der Waals surface area contributed by atoms with Crippen LogP contribution < -0.4 is 5.32 Å². The number of carbonyl (C=O) groups excluding carboxylic acids is 2. The number of nitrogens with one attached hydrogen (secondary N) is 1. The number of nitrogens with zero attached hydrogens (tertiary/aromatic N) is 2. The number of piperidine rings is 1. The quantitative estimate of drug-likeness (QED) is 0.679. The molecule has 0 bridgehead atoms. The summed E-state index contributed by atoms with van der Waals surface area (Å²) in [6.07, 6.45) is 1.51. The predicted octanol–water partition coefficient (Wildman–Crippen LogP) is 4.46. The van der Waals surface area contributed by atoms with Crippen LogP contribution in [0.3, 0.4) is 0 Å². The number of likely N-dealkylation sites (tertiary alicyclic amines) is 1. The standard InChI is InChI=1S/C24H25N3O2S/c1-16-6-3-4-7-19(16)23(28)26-18-11-13-27(14-12-18)24(29)20-9-10-21(25-17(20)2)22-8-5-15-30-22/h3-10,15,18H,11-14H2,1-2H3,(H,26,28). The molecule has 5 nitrogen and oxygen atoms in total. The number of hydrogen-bond donors (Lipinski definition) is 1. The van der Waals surface area contributed by atoms with Crippen LogP contribution in [0.1, 0.15) is 44.8 Å². The summed E-state index contributed by atoms with van der Waals surface area (Å²) in [6.45, 7) is 5.09. The lowest BCUT2D eigenvalue weighted by Gasteiger charge is -2.32. The molecule has 1 aliphatic heterocycles. The van der Waals surface area contributed by atoms with Gasteiger partial charge in [-0.25, -0.2) is 0 Å². The summed E-state index contributed by atoms with van der Waals surface area (Å²) < 4.78 is 0. The largest absolute Gasteiger partial charge is 0.349 e. The SMILES string of the molecule is Cc1ccccc1C(=O)NC1CCN(C(=O)c2ccc(-c3cccs3)nc2C)CC1. The summed E-state index contributed by atoms with van der Waals surface area (Å²) in [7, 11) is 0. The van der Waals surface area contributed by atoms with Gasteiger partial charge in [0.15, 0.2) is 0 Å². The van der Waals surface area contributed by atoms with Gasteiger partial charge in [-0.2, -0.15) is 0 Å². The lowest BCUT2D eigenvalue weighted by molar-refractivity contribution is 0.0697. The van der Waals surface area contributed by atoms with Gasteiger partial charge in [-0.3, -0.25) is 14.6 Å². The third kappa shape index (κ3) is 4.28. The van der Waals surface area contributed by atoms with E-state index in [1.54, 1.807) is 11.3 Å². The average Bonchev–Trinajstić information content (AvgIpc) is 3.29. The van der Waals surface area contributed by atoms with Gasteiger partial charge in [0.2, 0.25) is 0 Å². The van der Waals surface area contributed by atoms with E-state index in [4.69, 9.17) is 0 Å². The summed E-state index contributed by atoms with van der Waals surface area (Å²) in [4.78, 5) is 33.2. The maximum atomic E-state index is 13.0. The van der Waals surface area contributed by atoms with Gasteiger partial charge in [0.05, 0.1) is 21.8 Å². The van der Waals surface area contributed by atoms with E-state index in [9.17, 15) is 9.59 Å². The van der Waals surface area contributed by atoms with Gasteiger partial charge in [-0.15, -0.1) is 11.3 Å². The van der Waals surface area contributed by atoms with E-state index < -0.39 is 0 Å². The number of hydrogen-bond acceptors (Lipinski definition) is 4. The molecule has 0 atom stereocenters. The normalized spacial score (nSPS) is 14.5. The van der Waals surface area contributed by atoms with Crippen LogP contribution in [0, 0.1) is 13.8 Å². The molecule has 6 heteroatoms. The predicted molar refractivity (Wildman–Crippen MR) is 120 cm³/mol. The second kappa shape index (κ2) is 8.79. The van der Waals surface area contributed by atoms with Crippen molar-refractivity contribution in [2.24, 2.45) is 0 Å². The maximum absolute atomic E-state index is 13.0. The van der Waals surface area contributed by atoms with E-state index in [0.717, 1.165) is 34.7 Å². The van der Waals surface area contributed by atoms with Crippen LogP contribution in [-0.4, -0.2) is 40.8 Å². The monoisotopic (exact) mass is 419 g/mol. The van der Waals surface area contributed by atoms with Crippen LogP contribution in [0.4, 0.5) is 0 Å². The fourth-order valence-corrected chi connectivity index (χ4v) is 4.53. The number of amides is 2. The van der Waals surface area contributed by atoms with Crippen LogP contribution in [0.25, 0.3) is 10.6 Å². The molecule has 1 fully saturated rings. The first-order valence-corrected chi connectivity index (χ1v) is 11.1. The molecule has 3 heterocycles. The van der Waals surface area contributed by atoms with Crippen molar-refractivity contribution < 1.29 is 9.59 Å². The fraction of sp³-hybridized carbons (Fsp3) is 0.292. The topological polar surface area (TPSA) is 62.3 Å². The Balaban J connectivity index is 1.36. The van der Waals surface area contributed by atoms with Crippen LogP contribution in [0.2, 0.25) is 0 Å². The third-order valence-electron chi connectivity index (χ3n) is 5.60. The molecule has 0 unspecified atom stereocenters. The number of thiophene rings is 1. The molecule has 0 aliphatic carbocycles. The Labute approximate surface area is 180 Å². The second-order valence-electron chi connectivity index (χ2n) is 7.66. The van der Waals surface area contributed by atoms with Crippen molar-refractivity contribution in [1.82, 2.24) is 15.2 Å². The lowest BCUT2D eigenvalue weighted by Crippen LogP contribution is -2.46. The highest BCUT2D eigenvalue weighted by molar-refractivity contribution is 7.13. The summed E-state index contributed by atoms with van der Waals surface area (Å²) in [5.41, 5.74) is 3.98. The lowest BCUT2D eigenvalue weighted by atomic mass is 10.0. The van der Waals surface area contributed by atoms with Crippen LogP contribution >= 0.6 is 11.3 Å². The van der Waals surface area contributed by atoms with E-state index in [1.165, 1.54) is 0 Å². The summed E-state index contributed by atoms with van der Waals surface area (Å²) in [5, 5.41) is 5.14. The van der Waals surface area contributed by atoms with Crippen molar-refractivity contribution in [2.45, 2.75) is 32.7 Å². The first-order chi connectivity index (χ1) is 14.5. The highest BCUT2D eigenvalue weighted by Gasteiger charge is 2.26. The first kappa shape index (κ1) is 20.3. The molecule has 2 aromatic heterocycles. The van der Waals surface area contributed by atoms with Gasteiger partial charge >= 0.3 is 0 Å². The molecule has 0 saturated carbocycles. The van der Waals surface area contributed by atoms with E-state index >= 15 is 0 Å². The number of benzene rings is 1. The number of pyridine rings is 1. The Morgan fingerprint density at radius 2 is 1.77 bits per heavy atom. The zero-order valence-corrected chi connectivity index (χ0v) is 18.0. The Kier molecular flexibility index (Phi) is 5.95. The molecule has 4 rings (SSSR count). The Hall–Kier alpha value is -2.99. The van der Waals surface area contributed by atoms with Crippen molar-refractivity contribution in [3.8, 4) is 10.6 Å². The molecule has 0 spiro atoms. The van der Waals surface area contributed by atoms with Crippen LogP contribution in [0.5, 0.6) is 0 Å². The number of carbonyl (C=O) groups is 2. The zero-order chi connectivity index (χ0) is 21.1. The van der Waals surface area contributed by atoms with E-state index in [2.05, 4.69) is 10.3 Å². The molecular weight excluding hydrogens is 394 g/mol. The minimum Gasteiger partial charge on any atom is -0.349 e. The molecule has 0 radical (unpaired) electrons. The number of rotatable bonds is 4. The van der Waals surface area contributed by atoms with Gasteiger partial charge in [0, 0.05) is 24.7 Å². The van der Waals surface area contributed by atoms with Gasteiger partial charge < -0.3 is 10.2 Å². The summed E-state index contributed by atoms with van der Waals surface area (Å²) >= 11 is 1.64. The average molecular weight is 420 g/mol. The Morgan fingerprint density at radius 3 is 2.43 bits per heavy atom. The van der Waals surface area contributed by atoms with Crippen molar-refractivity contribution in [1.29, 1.82) is 0 Å². The van der Waals surface area contributed by atoms with Crippen LogP contribution in [0.15, 0.2) is 53.9 Å². The van der Waals surface area contributed by atoms with Gasteiger partial charge in [0.25, 0.3) is 11.8 Å². The summed E-state index contributed by atoms with van der Waals surface area (Å²) in [5.74, 6) is -0.0245. The molecule has 1 saturated heterocycles. The van der Waals surface area contributed by atoms with Gasteiger partial charge in [-0.1, -0.05) is 24.3 Å². The van der Waals surface area contributed by atoms with Crippen molar-refractivity contribution in [3.63, 3.8) is 0 Å².